The molecule has 2 fully saturated rings. The van der Waals surface area contributed by atoms with Gasteiger partial charge in [-0.1, -0.05) is 25.0 Å². The summed E-state index contributed by atoms with van der Waals surface area (Å²) in [6.45, 7) is 0.800. The quantitative estimate of drug-likeness (QED) is 0.643. The molecule has 1 aliphatic heterocycles. The van der Waals surface area contributed by atoms with Crippen LogP contribution in [0, 0.1) is 16.0 Å². The minimum absolute atomic E-state index is 0.106. The van der Waals surface area contributed by atoms with E-state index in [2.05, 4.69) is 5.32 Å². The minimum Gasteiger partial charge on any atom is -0.389 e. The highest BCUT2D eigenvalue weighted by Gasteiger charge is 2.45. The Morgan fingerprint density at radius 1 is 1.25 bits per heavy atom. The van der Waals surface area contributed by atoms with Gasteiger partial charge in [-0.15, -0.1) is 0 Å². The molecule has 5 heteroatoms. The van der Waals surface area contributed by atoms with Crippen LogP contribution in [0.1, 0.15) is 43.7 Å². The number of hydrogen-bond acceptors (Lipinski definition) is 4. The van der Waals surface area contributed by atoms with E-state index >= 15 is 0 Å². The van der Waals surface area contributed by atoms with Crippen molar-refractivity contribution >= 4 is 5.69 Å². The van der Waals surface area contributed by atoms with Gasteiger partial charge in [-0.05, 0) is 31.4 Å². The van der Waals surface area contributed by atoms with Crippen LogP contribution in [-0.2, 0) is 0 Å². The van der Waals surface area contributed by atoms with Crippen molar-refractivity contribution in [1.82, 2.24) is 5.32 Å². The molecular weight excluding hydrogens is 256 g/mol. The maximum atomic E-state index is 10.8. The molecule has 5 nitrogen and oxygen atoms in total. The zero-order valence-corrected chi connectivity index (χ0v) is 11.4. The molecule has 0 amide bonds. The summed E-state index contributed by atoms with van der Waals surface area (Å²) < 4.78 is 0. The molecule has 1 saturated heterocycles. The Kier molecular flexibility index (Phi) is 3.48. The SMILES string of the molecule is O=[N+]([O-])c1ccc([C@H]2NCC[C@@]3(O)CCCC[C@H]23)cc1. The lowest BCUT2D eigenvalue weighted by Crippen LogP contribution is -2.53. The van der Waals surface area contributed by atoms with Crippen molar-refractivity contribution in [2.45, 2.75) is 43.7 Å². The molecule has 1 heterocycles. The minimum atomic E-state index is -0.560. The van der Waals surface area contributed by atoms with Crippen molar-refractivity contribution in [2.75, 3.05) is 6.54 Å². The zero-order chi connectivity index (χ0) is 14.2. The molecule has 0 unspecified atom stereocenters. The Bertz CT molecular complexity index is 498. The van der Waals surface area contributed by atoms with E-state index in [1.807, 2.05) is 12.1 Å². The molecule has 2 aliphatic rings. The van der Waals surface area contributed by atoms with Gasteiger partial charge in [0.2, 0.25) is 0 Å². The monoisotopic (exact) mass is 276 g/mol. The van der Waals surface area contributed by atoms with Crippen molar-refractivity contribution in [2.24, 2.45) is 5.92 Å². The normalized spacial score (nSPS) is 33.5. The summed E-state index contributed by atoms with van der Waals surface area (Å²) in [6.07, 6.45) is 4.95. The van der Waals surface area contributed by atoms with Gasteiger partial charge >= 0.3 is 0 Å². The van der Waals surface area contributed by atoms with E-state index in [0.29, 0.717) is 0 Å². The Balaban J connectivity index is 1.86. The van der Waals surface area contributed by atoms with Crippen LogP contribution in [0.5, 0.6) is 0 Å². The second-order valence-electron chi connectivity index (χ2n) is 5.99. The first-order valence-corrected chi connectivity index (χ1v) is 7.30. The van der Waals surface area contributed by atoms with Gasteiger partial charge < -0.3 is 10.4 Å². The maximum absolute atomic E-state index is 10.8. The first kappa shape index (κ1) is 13.5. The predicted molar refractivity (Wildman–Crippen MR) is 75.4 cm³/mol. The predicted octanol–water partition coefficient (Wildman–Crippen LogP) is 2.55. The van der Waals surface area contributed by atoms with Crippen molar-refractivity contribution < 1.29 is 10.0 Å². The van der Waals surface area contributed by atoms with Crippen LogP contribution in [0.2, 0.25) is 0 Å². The lowest BCUT2D eigenvalue weighted by atomic mass is 9.67. The Hall–Kier alpha value is -1.46. The van der Waals surface area contributed by atoms with Crippen LogP contribution in [0.3, 0.4) is 0 Å². The Morgan fingerprint density at radius 3 is 2.70 bits per heavy atom. The van der Waals surface area contributed by atoms with Gasteiger partial charge in [-0.25, -0.2) is 0 Å². The third-order valence-electron chi connectivity index (χ3n) is 4.85. The zero-order valence-electron chi connectivity index (χ0n) is 11.4. The van der Waals surface area contributed by atoms with E-state index in [4.69, 9.17) is 0 Å². The summed E-state index contributed by atoms with van der Waals surface area (Å²) in [6, 6.07) is 6.84. The van der Waals surface area contributed by atoms with Crippen LogP contribution < -0.4 is 5.32 Å². The van der Waals surface area contributed by atoms with E-state index in [-0.39, 0.29) is 22.6 Å². The van der Waals surface area contributed by atoms with Gasteiger partial charge in [-0.2, -0.15) is 0 Å². The summed E-state index contributed by atoms with van der Waals surface area (Å²) in [7, 11) is 0. The molecule has 2 N–H and O–H groups in total. The summed E-state index contributed by atoms with van der Waals surface area (Å²) in [5.41, 5.74) is 0.597. The van der Waals surface area contributed by atoms with Crippen LogP contribution in [0.25, 0.3) is 0 Å². The number of non-ortho nitro benzene ring substituents is 1. The number of nitro groups is 1. The van der Waals surface area contributed by atoms with Crippen LogP contribution in [0.15, 0.2) is 24.3 Å². The van der Waals surface area contributed by atoms with E-state index in [1.165, 1.54) is 0 Å². The average Bonchev–Trinajstić information content (AvgIpc) is 2.46. The highest BCUT2D eigenvalue weighted by atomic mass is 16.6. The van der Waals surface area contributed by atoms with E-state index in [9.17, 15) is 15.2 Å². The molecule has 1 aromatic rings. The first-order valence-electron chi connectivity index (χ1n) is 7.30. The molecule has 1 saturated carbocycles. The fraction of sp³-hybridized carbons (Fsp3) is 0.600. The van der Waals surface area contributed by atoms with Gasteiger partial charge in [0.1, 0.15) is 0 Å². The third kappa shape index (κ3) is 2.31. The number of aliphatic hydroxyl groups is 1. The molecule has 0 spiro atoms. The molecule has 3 atom stereocenters. The largest absolute Gasteiger partial charge is 0.389 e. The number of nitro benzene ring substituents is 1. The van der Waals surface area contributed by atoms with Crippen molar-refractivity contribution in [3.8, 4) is 0 Å². The highest BCUT2D eigenvalue weighted by Crippen LogP contribution is 2.45. The number of benzene rings is 1. The molecule has 0 bridgehead atoms. The standard InChI is InChI=1S/C15H20N2O3/c18-15-8-2-1-3-13(15)14(16-10-9-15)11-4-6-12(7-5-11)17(19)20/h4-7,13-14,16,18H,1-3,8-10H2/t13-,14-,15+/m1/s1. The van der Waals surface area contributed by atoms with Gasteiger partial charge in [0.25, 0.3) is 5.69 Å². The van der Waals surface area contributed by atoms with Crippen LogP contribution >= 0.6 is 0 Å². The average molecular weight is 276 g/mol. The fourth-order valence-electron chi connectivity index (χ4n) is 3.78. The molecular formula is C15H20N2O3. The Labute approximate surface area is 118 Å². The first-order chi connectivity index (χ1) is 9.60. The van der Waals surface area contributed by atoms with Crippen molar-refractivity contribution in [3.63, 3.8) is 0 Å². The lowest BCUT2D eigenvalue weighted by molar-refractivity contribution is -0.384. The second-order valence-corrected chi connectivity index (χ2v) is 5.99. The second kappa shape index (κ2) is 5.14. The maximum Gasteiger partial charge on any atom is 0.269 e. The van der Waals surface area contributed by atoms with Crippen molar-refractivity contribution in [3.05, 3.63) is 39.9 Å². The third-order valence-corrected chi connectivity index (χ3v) is 4.85. The number of fused-ring (bicyclic) bond motifs is 1. The van der Waals surface area contributed by atoms with Gasteiger partial charge in [0.05, 0.1) is 10.5 Å². The van der Waals surface area contributed by atoms with E-state index < -0.39 is 5.60 Å². The smallest absolute Gasteiger partial charge is 0.269 e. The summed E-state index contributed by atoms with van der Waals surface area (Å²) in [4.78, 5) is 10.3. The van der Waals surface area contributed by atoms with Gasteiger partial charge in [0, 0.05) is 24.1 Å². The fourth-order valence-corrected chi connectivity index (χ4v) is 3.78. The summed E-state index contributed by atoms with van der Waals surface area (Å²) >= 11 is 0. The summed E-state index contributed by atoms with van der Waals surface area (Å²) in [5.74, 6) is 0.214. The molecule has 1 aliphatic carbocycles. The molecule has 0 aromatic heterocycles. The van der Waals surface area contributed by atoms with E-state index in [0.717, 1.165) is 44.2 Å². The van der Waals surface area contributed by atoms with Crippen LogP contribution in [-0.4, -0.2) is 22.2 Å². The highest BCUT2D eigenvalue weighted by molar-refractivity contribution is 5.35. The molecule has 108 valence electrons. The lowest BCUT2D eigenvalue weighted by Gasteiger charge is -2.48. The number of nitrogens with zero attached hydrogens (tertiary/aromatic N) is 1. The van der Waals surface area contributed by atoms with Gasteiger partial charge in [-0.3, -0.25) is 10.1 Å². The number of rotatable bonds is 2. The van der Waals surface area contributed by atoms with E-state index in [1.54, 1.807) is 12.1 Å². The Morgan fingerprint density at radius 2 is 2.00 bits per heavy atom. The van der Waals surface area contributed by atoms with Gasteiger partial charge in [0.15, 0.2) is 0 Å². The van der Waals surface area contributed by atoms with Crippen molar-refractivity contribution in [1.29, 1.82) is 0 Å². The topological polar surface area (TPSA) is 75.4 Å². The molecule has 1 aromatic carbocycles. The number of hydrogen-bond donors (Lipinski definition) is 2. The molecule has 0 radical (unpaired) electrons. The molecule has 20 heavy (non-hydrogen) atoms. The molecule has 3 rings (SSSR count). The van der Waals surface area contributed by atoms with Crippen LogP contribution in [0.4, 0.5) is 5.69 Å². The number of nitrogens with one attached hydrogen (secondary N) is 1. The number of piperidine rings is 1. The summed E-state index contributed by atoms with van der Waals surface area (Å²) in [5, 5.41) is 25.0.